The summed E-state index contributed by atoms with van der Waals surface area (Å²) in [6.07, 6.45) is 0. The van der Waals surface area contributed by atoms with E-state index < -0.39 is 16.0 Å². The minimum atomic E-state index is -4.01. The molecular formula is C16H18N2O6S. The molecule has 1 aliphatic heterocycles. The number of esters is 1. The average Bonchev–Trinajstić information content (AvgIpc) is 3.10. The number of aromatic nitrogens is 1. The van der Waals surface area contributed by atoms with Gasteiger partial charge in [-0.2, -0.15) is 0 Å². The van der Waals surface area contributed by atoms with Crippen molar-refractivity contribution in [1.29, 1.82) is 0 Å². The summed E-state index contributed by atoms with van der Waals surface area (Å²) in [5, 5.41) is 0. The maximum atomic E-state index is 12.9. The van der Waals surface area contributed by atoms with Gasteiger partial charge in [0.05, 0.1) is 12.3 Å². The van der Waals surface area contributed by atoms with E-state index in [4.69, 9.17) is 14.2 Å². The van der Waals surface area contributed by atoms with Crippen molar-refractivity contribution in [3.05, 3.63) is 35.2 Å². The molecule has 0 bridgehead atoms. The van der Waals surface area contributed by atoms with Gasteiger partial charge in [-0.3, -0.25) is 4.72 Å². The second-order valence-electron chi connectivity index (χ2n) is 5.47. The van der Waals surface area contributed by atoms with Crippen LogP contribution in [-0.2, 0) is 14.8 Å². The fourth-order valence-electron chi connectivity index (χ4n) is 2.71. The van der Waals surface area contributed by atoms with Gasteiger partial charge in [-0.1, -0.05) is 0 Å². The zero-order chi connectivity index (χ0) is 18.2. The molecule has 0 saturated carbocycles. The molecule has 2 aromatic rings. The Morgan fingerprint density at radius 3 is 2.68 bits per heavy atom. The van der Waals surface area contributed by atoms with Crippen molar-refractivity contribution >= 4 is 21.7 Å². The Morgan fingerprint density at radius 2 is 1.96 bits per heavy atom. The van der Waals surface area contributed by atoms with Gasteiger partial charge in [-0.15, -0.1) is 0 Å². The van der Waals surface area contributed by atoms with Gasteiger partial charge in [0.2, 0.25) is 6.79 Å². The number of carbonyl (C=O) groups is 1. The lowest BCUT2D eigenvalue weighted by atomic mass is 10.2. The van der Waals surface area contributed by atoms with E-state index in [0.717, 1.165) is 0 Å². The maximum Gasteiger partial charge on any atom is 0.341 e. The van der Waals surface area contributed by atoms with Crippen molar-refractivity contribution in [3.63, 3.8) is 0 Å². The van der Waals surface area contributed by atoms with E-state index in [0.29, 0.717) is 28.6 Å². The van der Waals surface area contributed by atoms with E-state index in [1.54, 1.807) is 32.9 Å². The van der Waals surface area contributed by atoms with Crippen molar-refractivity contribution < 1.29 is 27.4 Å². The molecule has 0 unspecified atom stereocenters. The minimum absolute atomic E-state index is 0.00703. The molecule has 0 spiro atoms. The van der Waals surface area contributed by atoms with Gasteiger partial charge >= 0.3 is 5.97 Å². The number of aryl methyl sites for hydroxylation is 2. The number of benzene rings is 1. The zero-order valence-electron chi connectivity index (χ0n) is 14.0. The van der Waals surface area contributed by atoms with Crippen LogP contribution >= 0.6 is 0 Å². The van der Waals surface area contributed by atoms with E-state index >= 15 is 0 Å². The van der Waals surface area contributed by atoms with Gasteiger partial charge < -0.3 is 19.2 Å². The van der Waals surface area contributed by atoms with Gasteiger partial charge in [-0.25, -0.2) is 13.2 Å². The summed E-state index contributed by atoms with van der Waals surface area (Å²) in [4.78, 5) is 14.9. The van der Waals surface area contributed by atoms with Gasteiger partial charge in [0, 0.05) is 17.5 Å². The molecule has 2 N–H and O–H groups in total. The lowest BCUT2D eigenvalue weighted by Gasteiger charge is -2.11. The summed E-state index contributed by atoms with van der Waals surface area (Å²) < 4.78 is 43.6. The minimum Gasteiger partial charge on any atom is -0.462 e. The van der Waals surface area contributed by atoms with Gasteiger partial charge in [0.15, 0.2) is 11.5 Å². The molecule has 0 radical (unpaired) electrons. The highest BCUT2D eigenvalue weighted by Crippen LogP contribution is 2.35. The summed E-state index contributed by atoms with van der Waals surface area (Å²) >= 11 is 0. The van der Waals surface area contributed by atoms with Crippen LogP contribution in [0.15, 0.2) is 23.1 Å². The topological polar surface area (TPSA) is 107 Å². The summed E-state index contributed by atoms with van der Waals surface area (Å²) in [6, 6.07) is 4.70. The molecule has 1 aliphatic rings. The number of carbonyl (C=O) groups excluding carboxylic acids is 1. The first-order chi connectivity index (χ1) is 11.8. The predicted molar refractivity (Wildman–Crippen MR) is 89.6 cm³/mol. The van der Waals surface area contributed by atoms with Crippen molar-refractivity contribution in [2.45, 2.75) is 25.7 Å². The number of hydrogen-bond donors (Lipinski definition) is 2. The smallest absolute Gasteiger partial charge is 0.341 e. The Hall–Kier alpha value is -2.68. The molecule has 25 heavy (non-hydrogen) atoms. The van der Waals surface area contributed by atoms with Crippen molar-refractivity contribution in [2.75, 3.05) is 18.1 Å². The largest absolute Gasteiger partial charge is 0.462 e. The van der Waals surface area contributed by atoms with E-state index in [-0.39, 0.29) is 23.9 Å². The Bertz CT molecular complexity index is 932. The summed E-state index contributed by atoms with van der Waals surface area (Å²) in [6.45, 7) is 5.11. The third kappa shape index (κ3) is 3.14. The lowest BCUT2D eigenvalue weighted by molar-refractivity contribution is 0.0521. The van der Waals surface area contributed by atoms with E-state index in [1.165, 1.54) is 6.07 Å². The fraction of sp³-hybridized carbons (Fsp3) is 0.312. The zero-order valence-corrected chi connectivity index (χ0v) is 14.8. The van der Waals surface area contributed by atoms with Gasteiger partial charge in [0.25, 0.3) is 10.0 Å². The summed E-state index contributed by atoms with van der Waals surface area (Å²) in [5.41, 5.74) is 1.10. The van der Waals surface area contributed by atoms with Crippen LogP contribution in [-0.4, -0.2) is 32.8 Å². The van der Waals surface area contributed by atoms with E-state index in [9.17, 15) is 13.2 Å². The highest BCUT2D eigenvalue weighted by molar-refractivity contribution is 7.92. The number of sulfonamides is 1. The molecule has 9 heteroatoms. The van der Waals surface area contributed by atoms with Crippen LogP contribution in [0.1, 0.15) is 28.7 Å². The second kappa shape index (κ2) is 6.32. The average molecular weight is 366 g/mol. The van der Waals surface area contributed by atoms with Crippen LogP contribution in [0.4, 0.5) is 5.69 Å². The molecule has 8 nitrogen and oxygen atoms in total. The number of hydrogen-bond acceptors (Lipinski definition) is 6. The van der Waals surface area contributed by atoms with Crippen LogP contribution in [0.3, 0.4) is 0 Å². The molecule has 2 heterocycles. The predicted octanol–water partition coefficient (Wildman–Crippen LogP) is 2.34. The highest BCUT2D eigenvalue weighted by Gasteiger charge is 2.30. The van der Waals surface area contributed by atoms with Gasteiger partial charge in [-0.05, 0) is 32.9 Å². The molecule has 134 valence electrons. The Morgan fingerprint density at radius 1 is 1.24 bits per heavy atom. The van der Waals surface area contributed by atoms with E-state index in [2.05, 4.69) is 9.71 Å². The molecule has 0 amide bonds. The second-order valence-corrected chi connectivity index (χ2v) is 7.09. The third-order valence-corrected chi connectivity index (χ3v) is 5.24. The van der Waals surface area contributed by atoms with Crippen molar-refractivity contribution in [2.24, 2.45) is 0 Å². The molecule has 3 rings (SSSR count). The number of H-pyrrole nitrogens is 1. The highest BCUT2D eigenvalue weighted by atomic mass is 32.2. The summed E-state index contributed by atoms with van der Waals surface area (Å²) in [7, 11) is -4.01. The van der Waals surface area contributed by atoms with Crippen LogP contribution < -0.4 is 14.2 Å². The lowest BCUT2D eigenvalue weighted by Crippen LogP contribution is -2.18. The number of nitrogens with one attached hydrogen (secondary N) is 2. The number of anilines is 1. The first kappa shape index (κ1) is 17.2. The SMILES string of the molecule is CCOC(=O)c1c(C)[nH]c(C)c1S(=O)(=O)Nc1ccc2c(c1)OCO2. The van der Waals surface area contributed by atoms with Crippen LogP contribution in [0.5, 0.6) is 11.5 Å². The molecule has 0 aliphatic carbocycles. The monoisotopic (exact) mass is 366 g/mol. The molecule has 0 atom stereocenters. The number of fused-ring (bicyclic) bond motifs is 1. The molecular weight excluding hydrogens is 348 g/mol. The van der Waals surface area contributed by atoms with Crippen LogP contribution in [0, 0.1) is 13.8 Å². The maximum absolute atomic E-state index is 12.9. The first-order valence-corrected chi connectivity index (χ1v) is 9.10. The van der Waals surface area contributed by atoms with Crippen molar-refractivity contribution in [3.8, 4) is 11.5 Å². The Labute approximate surface area is 145 Å². The standard InChI is InChI=1S/C16H18N2O6S/c1-4-22-16(19)14-9(2)17-10(3)15(14)25(20,21)18-11-5-6-12-13(7-11)24-8-23-12/h5-7,17-18H,4,8H2,1-3H3. The molecule has 0 saturated heterocycles. The fourth-order valence-corrected chi connectivity index (χ4v) is 4.21. The molecule has 1 aromatic carbocycles. The van der Waals surface area contributed by atoms with Crippen molar-refractivity contribution in [1.82, 2.24) is 4.98 Å². The normalized spacial score (nSPS) is 12.9. The van der Waals surface area contributed by atoms with E-state index in [1.807, 2.05) is 0 Å². The number of ether oxygens (including phenoxy) is 3. The quantitative estimate of drug-likeness (QED) is 0.787. The Kier molecular flexibility index (Phi) is 4.34. The summed E-state index contributed by atoms with van der Waals surface area (Å²) in [5.74, 6) is 0.312. The number of aromatic amines is 1. The van der Waals surface area contributed by atoms with Gasteiger partial charge in [0.1, 0.15) is 10.5 Å². The molecule has 1 aromatic heterocycles. The Balaban J connectivity index is 1.99. The molecule has 0 fully saturated rings. The van der Waals surface area contributed by atoms with Crippen LogP contribution in [0.25, 0.3) is 0 Å². The first-order valence-electron chi connectivity index (χ1n) is 7.62. The van der Waals surface area contributed by atoms with Crippen LogP contribution in [0.2, 0.25) is 0 Å². The number of rotatable bonds is 5. The third-order valence-electron chi connectivity index (χ3n) is 3.69.